The van der Waals surface area contributed by atoms with Crippen molar-refractivity contribution in [3.63, 3.8) is 0 Å². The molecule has 2 aromatic carbocycles. The highest BCUT2D eigenvalue weighted by Crippen LogP contribution is 2.33. The van der Waals surface area contributed by atoms with E-state index in [0.717, 1.165) is 41.7 Å². The second-order valence-electron chi connectivity index (χ2n) is 6.67. The van der Waals surface area contributed by atoms with Crippen LogP contribution in [0, 0.1) is 0 Å². The molecule has 25 heavy (non-hydrogen) atoms. The highest BCUT2D eigenvalue weighted by Gasteiger charge is 2.26. The fourth-order valence-electron chi connectivity index (χ4n) is 3.78. The summed E-state index contributed by atoms with van der Waals surface area (Å²) < 4.78 is 5.51. The lowest BCUT2D eigenvalue weighted by molar-refractivity contribution is 0.324. The molecule has 4 rings (SSSR count). The number of aromatic nitrogens is 1. The van der Waals surface area contributed by atoms with Crippen LogP contribution in [0.2, 0.25) is 0 Å². The summed E-state index contributed by atoms with van der Waals surface area (Å²) in [6.45, 7) is 2.63. The van der Waals surface area contributed by atoms with E-state index in [4.69, 9.17) is 4.74 Å². The second kappa shape index (κ2) is 6.73. The number of nitrogens with one attached hydrogen (secondary N) is 1. The molecule has 128 valence electrons. The lowest BCUT2D eigenvalue weighted by Crippen LogP contribution is -2.24. The first-order valence-electron chi connectivity index (χ1n) is 8.71. The summed E-state index contributed by atoms with van der Waals surface area (Å²) in [6.07, 6.45) is 1.09. The van der Waals surface area contributed by atoms with Gasteiger partial charge in [0.15, 0.2) is 0 Å². The molecule has 1 unspecified atom stereocenters. The molecule has 0 bridgehead atoms. The van der Waals surface area contributed by atoms with Crippen molar-refractivity contribution in [2.24, 2.45) is 0 Å². The molecule has 1 aliphatic heterocycles. The number of hydrogen-bond donors (Lipinski definition) is 1. The van der Waals surface area contributed by atoms with Crippen LogP contribution in [0.5, 0.6) is 5.75 Å². The molecule has 4 heteroatoms. The summed E-state index contributed by atoms with van der Waals surface area (Å²) in [6, 6.07) is 18.2. The van der Waals surface area contributed by atoms with Crippen molar-refractivity contribution < 1.29 is 4.74 Å². The lowest BCUT2D eigenvalue weighted by Gasteiger charge is -2.17. The number of nitrogens with zero attached hydrogens (tertiary/aromatic N) is 1. The van der Waals surface area contributed by atoms with Crippen LogP contribution in [0.15, 0.2) is 59.4 Å². The minimum atomic E-state index is 0.0134. The average molecular weight is 334 g/mol. The molecule has 0 amide bonds. The average Bonchev–Trinajstić information content (AvgIpc) is 3.10. The summed E-state index contributed by atoms with van der Waals surface area (Å²) in [5.74, 6) is 1.41. The zero-order valence-corrected chi connectivity index (χ0v) is 14.4. The van der Waals surface area contributed by atoms with Crippen molar-refractivity contribution in [2.45, 2.75) is 18.9 Å². The predicted octanol–water partition coefficient (Wildman–Crippen LogP) is 3.53. The Morgan fingerprint density at radius 2 is 1.96 bits per heavy atom. The first-order chi connectivity index (χ1) is 12.2. The molecule has 1 saturated heterocycles. The topological polar surface area (TPSA) is 45.3 Å². The molecule has 1 aromatic heterocycles. The standard InChI is InChI=1S/C21H22N2O2/c1-25-20-9-5-3-7-18(20)16-10-11-23(13-16)14-17-12-15-6-2-4-8-19(15)22-21(17)24/h2-9,12,16H,10-11,13-14H2,1H3,(H,22,24). The van der Waals surface area contributed by atoms with Crippen molar-refractivity contribution in [1.29, 1.82) is 0 Å². The first-order valence-corrected chi connectivity index (χ1v) is 8.71. The van der Waals surface area contributed by atoms with Gasteiger partial charge < -0.3 is 9.72 Å². The summed E-state index contributed by atoms with van der Waals surface area (Å²) in [5, 5.41) is 1.08. The third-order valence-electron chi connectivity index (χ3n) is 5.08. The van der Waals surface area contributed by atoms with Gasteiger partial charge in [0.25, 0.3) is 5.56 Å². The maximum absolute atomic E-state index is 12.4. The Morgan fingerprint density at radius 1 is 1.16 bits per heavy atom. The fraction of sp³-hybridized carbons (Fsp3) is 0.286. The van der Waals surface area contributed by atoms with Gasteiger partial charge in [-0.25, -0.2) is 0 Å². The van der Waals surface area contributed by atoms with E-state index in [1.54, 1.807) is 7.11 Å². The molecular weight excluding hydrogens is 312 g/mol. The number of fused-ring (bicyclic) bond motifs is 1. The maximum Gasteiger partial charge on any atom is 0.252 e. The van der Waals surface area contributed by atoms with E-state index in [9.17, 15) is 4.79 Å². The number of rotatable bonds is 4. The van der Waals surface area contributed by atoms with E-state index in [1.165, 1.54) is 5.56 Å². The third-order valence-corrected chi connectivity index (χ3v) is 5.08. The van der Waals surface area contributed by atoms with Gasteiger partial charge in [0.2, 0.25) is 0 Å². The van der Waals surface area contributed by atoms with Crippen LogP contribution in [-0.4, -0.2) is 30.1 Å². The third kappa shape index (κ3) is 3.17. The van der Waals surface area contributed by atoms with E-state index >= 15 is 0 Å². The number of aromatic amines is 1. The number of benzene rings is 2. The lowest BCUT2D eigenvalue weighted by atomic mass is 9.97. The minimum Gasteiger partial charge on any atom is -0.496 e. The van der Waals surface area contributed by atoms with Crippen molar-refractivity contribution in [3.8, 4) is 5.75 Å². The number of likely N-dealkylation sites (tertiary alicyclic amines) is 1. The van der Waals surface area contributed by atoms with E-state index in [2.05, 4.69) is 22.0 Å². The van der Waals surface area contributed by atoms with Crippen molar-refractivity contribution in [2.75, 3.05) is 20.2 Å². The normalized spacial score (nSPS) is 17.9. The fourth-order valence-corrected chi connectivity index (χ4v) is 3.78. The van der Waals surface area contributed by atoms with Gasteiger partial charge in [0.05, 0.1) is 7.11 Å². The number of methoxy groups -OCH3 is 1. The summed E-state index contributed by atoms with van der Waals surface area (Å²) in [7, 11) is 1.72. The Bertz CT molecular complexity index is 948. The molecule has 0 spiro atoms. The van der Waals surface area contributed by atoms with E-state index < -0.39 is 0 Å². The van der Waals surface area contributed by atoms with Gasteiger partial charge in [-0.3, -0.25) is 9.69 Å². The molecule has 2 heterocycles. The van der Waals surface area contributed by atoms with Crippen molar-refractivity contribution >= 4 is 10.9 Å². The number of para-hydroxylation sites is 2. The molecule has 1 N–H and O–H groups in total. The van der Waals surface area contributed by atoms with Crippen LogP contribution in [-0.2, 0) is 6.54 Å². The monoisotopic (exact) mass is 334 g/mol. The smallest absolute Gasteiger partial charge is 0.252 e. The number of ether oxygens (including phenoxy) is 1. The zero-order valence-electron chi connectivity index (χ0n) is 14.4. The molecular formula is C21H22N2O2. The van der Waals surface area contributed by atoms with Gasteiger partial charge in [0.1, 0.15) is 5.75 Å². The molecule has 1 atom stereocenters. The Kier molecular flexibility index (Phi) is 4.28. The molecule has 0 aliphatic carbocycles. The molecule has 3 aromatic rings. The van der Waals surface area contributed by atoms with Gasteiger partial charge >= 0.3 is 0 Å². The van der Waals surface area contributed by atoms with Crippen LogP contribution in [0.25, 0.3) is 10.9 Å². The molecule has 0 saturated carbocycles. The molecule has 0 radical (unpaired) electrons. The molecule has 4 nitrogen and oxygen atoms in total. The Labute approximate surface area is 147 Å². The quantitative estimate of drug-likeness (QED) is 0.794. The van der Waals surface area contributed by atoms with Crippen molar-refractivity contribution in [3.05, 3.63) is 76.1 Å². The zero-order chi connectivity index (χ0) is 17.2. The summed E-state index contributed by atoms with van der Waals surface area (Å²) in [4.78, 5) is 17.7. The minimum absolute atomic E-state index is 0.0134. The Hall–Kier alpha value is -2.59. The Morgan fingerprint density at radius 3 is 2.84 bits per heavy atom. The van der Waals surface area contributed by atoms with Gasteiger partial charge in [-0.05, 0) is 42.1 Å². The number of H-pyrrole nitrogens is 1. The number of hydrogen-bond acceptors (Lipinski definition) is 3. The van der Waals surface area contributed by atoms with Gasteiger partial charge in [0, 0.05) is 30.1 Å². The SMILES string of the molecule is COc1ccccc1C1CCN(Cc2cc3ccccc3[nH]c2=O)C1. The second-order valence-corrected chi connectivity index (χ2v) is 6.67. The highest BCUT2D eigenvalue weighted by atomic mass is 16.5. The van der Waals surface area contributed by atoms with Crippen LogP contribution in [0.1, 0.15) is 23.5 Å². The van der Waals surface area contributed by atoms with Crippen LogP contribution < -0.4 is 10.3 Å². The van der Waals surface area contributed by atoms with E-state index in [0.29, 0.717) is 12.5 Å². The first kappa shape index (κ1) is 15.9. The van der Waals surface area contributed by atoms with Gasteiger partial charge in [-0.2, -0.15) is 0 Å². The van der Waals surface area contributed by atoms with E-state index in [1.807, 2.05) is 42.5 Å². The van der Waals surface area contributed by atoms with E-state index in [-0.39, 0.29) is 5.56 Å². The van der Waals surface area contributed by atoms with Crippen LogP contribution >= 0.6 is 0 Å². The van der Waals surface area contributed by atoms with Gasteiger partial charge in [-0.1, -0.05) is 36.4 Å². The summed E-state index contributed by atoms with van der Waals surface area (Å²) >= 11 is 0. The maximum atomic E-state index is 12.4. The molecule has 1 aliphatic rings. The Balaban J connectivity index is 1.53. The van der Waals surface area contributed by atoms with Gasteiger partial charge in [-0.15, -0.1) is 0 Å². The number of pyridine rings is 1. The van der Waals surface area contributed by atoms with Crippen LogP contribution in [0.4, 0.5) is 0 Å². The predicted molar refractivity (Wildman–Crippen MR) is 100 cm³/mol. The molecule has 1 fully saturated rings. The van der Waals surface area contributed by atoms with Crippen LogP contribution in [0.3, 0.4) is 0 Å². The summed E-state index contributed by atoms with van der Waals surface area (Å²) in [5.41, 5.74) is 3.00. The largest absolute Gasteiger partial charge is 0.496 e. The highest BCUT2D eigenvalue weighted by molar-refractivity contribution is 5.78. The van der Waals surface area contributed by atoms with Crippen molar-refractivity contribution in [1.82, 2.24) is 9.88 Å².